The number of benzene rings is 2. The van der Waals surface area contributed by atoms with Gasteiger partial charge in [-0.1, -0.05) is 17.7 Å². The Hall–Kier alpha value is -4.06. The molecule has 0 aliphatic carbocycles. The molecule has 4 rings (SSSR count). The van der Waals surface area contributed by atoms with Crippen LogP contribution in [0.4, 0.5) is 16.2 Å². The second-order valence-corrected chi connectivity index (χ2v) is 9.69. The summed E-state index contributed by atoms with van der Waals surface area (Å²) in [5.74, 6) is 1.20. The number of piperazine rings is 1. The number of aryl methyl sites for hydroxylation is 2. The lowest BCUT2D eigenvalue weighted by molar-refractivity contribution is 0.0957. The first-order valence-electron chi connectivity index (χ1n) is 13.0. The van der Waals surface area contributed by atoms with Crippen molar-refractivity contribution in [3.05, 3.63) is 70.5 Å². The van der Waals surface area contributed by atoms with Gasteiger partial charge in [-0.3, -0.25) is 25.5 Å². The van der Waals surface area contributed by atoms with Crippen molar-refractivity contribution in [1.82, 2.24) is 25.9 Å². The Morgan fingerprint density at radius 1 is 1.05 bits per heavy atom. The molecule has 0 bridgehead atoms. The summed E-state index contributed by atoms with van der Waals surface area (Å²) in [7, 11) is 1.54. The molecular formula is C28H34ClN7O4. The van der Waals surface area contributed by atoms with E-state index >= 15 is 0 Å². The lowest BCUT2D eigenvalue weighted by Crippen LogP contribution is -2.44. The van der Waals surface area contributed by atoms with E-state index < -0.39 is 6.03 Å². The number of nitrogens with zero attached hydrogens (tertiary/aromatic N) is 2. The smallest absolute Gasteiger partial charge is 0.337 e. The highest BCUT2D eigenvalue weighted by Crippen LogP contribution is 2.31. The Morgan fingerprint density at radius 2 is 1.85 bits per heavy atom. The van der Waals surface area contributed by atoms with Crippen LogP contribution >= 0.6 is 11.6 Å². The molecule has 3 amide bonds. The molecule has 11 nitrogen and oxygen atoms in total. The number of hydrogen-bond donors (Lipinski definition) is 5. The average Bonchev–Trinajstić information content (AvgIpc) is 2.96. The minimum Gasteiger partial charge on any atom is -0.490 e. The van der Waals surface area contributed by atoms with Gasteiger partial charge in [0, 0.05) is 69.2 Å². The number of carbonyl (C=O) groups excluding carboxylic acids is 2. The molecule has 1 fully saturated rings. The first kappa shape index (κ1) is 28.9. The standard InChI is InChI=1S/C28H34ClN7O4/c1-18-4-5-20(15-25(18)40-21-6-7-32-24(16-21)27(37)30-3)34-35-28(38)33-23-14-19(2)22(29)17-26(23)39-13-12-36-10-8-31-9-11-36/h4-7,14-17,31,34H,8-13H2,1-3H3,(H,30,37)(H2,33,35,38). The Balaban J connectivity index is 1.36. The van der Waals surface area contributed by atoms with Crippen LogP contribution in [0.1, 0.15) is 21.6 Å². The number of hydrogen-bond acceptors (Lipinski definition) is 8. The van der Waals surface area contributed by atoms with Crippen LogP contribution in [0.15, 0.2) is 48.7 Å². The minimum absolute atomic E-state index is 0.245. The van der Waals surface area contributed by atoms with Crippen LogP contribution in [0.3, 0.4) is 0 Å². The fourth-order valence-corrected chi connectivity index (χ4v) is 4.18. The van der Waals surface area contributed by atoms with Crippen molar-refractivity contribution in [2.75, 3.05) is 57.1 Å². The second kappa shape index (κ2) is 13.8. The number of halogens is 1. The topological polar surface area (TPSA) is 129 Å². The van der Waals surface area contributed by atoms with E-state index in [2.05, 4.69) is 36.7 Å². The van der Waals surface area contributed by atoms with Crippen LogP contribution in [0.25, 0.3) is 0 Å². The van der Waals surface area contributed by atoms with E-state index in [9.17, 15) is 9.59 Å². The molecule has 1 saturated heterocycles. The highest BCUT2D eigenvalue weighted by Gasteiger charge is 2.14. The predicted octanol–water partition coefficient (Wildman–Crippen LogP) is 3.94. The number of ether oxygens (including phenoxy) is 2. The van der Waals surface area contributed by atoms with Gasteiger partial charge in [-0.05, 0) is 43.2 Å². The molecule has 1 aromatic heterocycles. The Bertz CT molecular complexity index is 1350. The average molecular weight is 568 g/mol. The van der Waals surface area contributed by atoms with E-state index in [0.29, 0.717) is 40.3 Å². The number of aromatic nitrogens is 1. The Labute approximate surface area is 238 Å². The molecule has 1 aliphatic heterocycles. The zero-order valence-electron chi connectivity index (χ0n) is 22.8. The maximum absolute atomic E-state index is 12.8. The third-order valence-electron chi connectivity index (χ3n) is 6.31. The molecule has 3 aromatic rings. The summed E-state index contributed by atoms with van der Waals surface area (Å²) in [4.78, 5) is 31.0. The van der Waals surface area contributed by atoms with Gasteiger partial charge in [0.2, 0.25) is 0 Å². The van der Waals surface area contributed by atoms with E-state index in [1.54, 1.807) is 30.3 Å². The van der Waals surface area contributed by atoms with Gasteiger partial charge in [0.05, 0.1) is 11.4 Å². The van der Waals surface area contributed by atoms with Gasteiger partial charge in [-0.2, -0.15) is 0 Å². The van der Waals surface area contributed by atoms with Gasteiger partial charge < -0.3 is 25.4 Å². The third-order valence-corrected chi connectivity index (χ3v) is 6.72. The summed E-state index contributed by atoms with van der Waals surface area (Å²) >= 11 is 6.33. The largest absolute Gasteiger partial charge is 0.490 e. The van der Waals surface area contributed by atoms with Crippen molar-refractivity contribution >= 4 is 34.9 Å². The minimum atomic E-state index is -0.485. The third kappa shape index (κ3) is 7.98. The number of pyridine rings is 1. The molecule has 0 saturated carbocycles. The van der Waals surface area contributed by atoms with E-state index in [1.807, 2.05) is 26.0 Å². The summed E-state index contributed by atoms with van der Waals surface area (Å²) in [6.45, 7) is 8.90. The highest BCUT2D eigenvalue weighted by atomic mass is 35.5. The van der Waals surface area contributed by atoms with Crippen molar-refractivity contribution in [3.63, 3.8) is 0 Å². The molecule has 0 atom stereocenters. The van der Waals surface area contributed by atoms with Crippen LogP contribution in [-0.2, 0) is 0 Å². The predicted molar refractivity (Wildman–Crippen MR) is 156 cm³/mol. The van der Waals surface area contributed by atoms with Gasteiger partial charge >= 0.3 is 6.03 Å². The molecule has 0 spiro atoms. The Morgan fingerprint density at radius 3 is 2.62 bits per heavy atom. The van der Waals surface area contributed by atoms with Gasteiger partial charge in [-0.15, -0.1) is 0 Å². The van der Waals surface area contributed by atoms with E-state index in [1.165, 1.54) is 13.2 Å². The van der Waals surface area contributed by atoms with Crippen LogP contribution < -0.4 is 36.3 Å². The SMILES string of the molecule is CNC(=O)c1cc(Oc2cc(NNC(=O)Nc3cc(C)c(Cl)cc3OCCN3CCNCC3)ccc2C)ccn1. The summed E-state index contributed by atoms with van der Waals surface area (Å²) in [6.07, 6.45) is 1.50. The van der Waals surface area contributed by atoms with E-state index in [0.717, 1.165) is 43.9 Å². The quantitative estimate of drug-likeness (QED) is 0.233. The molecule has 40 heavy (non-hydrogen) atoms. The van der Waals surface area contributed by atoms with Crippen molar-refractivity contribution in [2.45, 2.75) is 13.8 Å². The molecule has 2 aromatic carbocycles. The number of urea groups is 1. The van der Waals surface area contributed by atoms with E-state index in [-0.39, 0.29) is 11.6 Å². The number of hydrazine groups is 1. The number of amides is 3. The summed E-state index contributed by atoms with van der Waals surface area (Å²) in [6, 6.07) is 11.6. The lowest BCUT2D eigenvalue weighted by atomic mass is 10.2. The summed E-state index contributed by atoms with van der Waals surface area (Å²) in [5.41, 5.74) is 8.56. The summed E-state index contributed by atoms with van der Waals surface area (Å²) in [5, 5.41) is 9.26. The second-order valence-electron chi connectivity index (χ2n) is 9.28. The molecule has 1 aliphatic rings. The van der Waals surface area contributed by atoms with Gasteiger partial charge in [0.1, 0.15) is 29.5 Å². The zero-order chi connectivity index (χ0) is 28.5. The Kier molecular flexibility index (Phi) is 10.0. The van der Waals surface area contributed by atoms with Crippen LogP contribution in [0.5, 0.6) is 17.2 Å². The van der Waals surface area contributed by atoms with Gasteiger partial charge in [-0.25, -0.2) is 4.79 Å². The molecule has 0 unspecified atom stereocenters. The first-order valence-corrected chi connectivity index (χ1v) is 13.4. The van der Waals surface area contributed by atoms with Crippen molar-refractivity contribution in [3.8, 4) is 17.2 Å². The van der Waals surface area contributed by atoms with Crippen LogP contribution in [0, 0.1) is 13.8 Å². The fourth-order valence-electron chi connectivity index (χ4n) is 4.02. The first-order chi connectivity index (χ1) is 19.3. The molecule has 212 valence electrons. The number of carbonyl (C=O) groups is 2. The van der Waals surface area contributed by atoms with Crippen LogP contribution in [0.2, 0.25) is 5.02 Å². The van der Waals surface area contributed by atoms with Gasteiger partial charge in [0.25, 0.3) is 5.91 Å². The lowest BCUT2D eigenvalue weighted by Gasteiger charge is -2.27. The van der Waals surface area contributed by atoms with E-state index in [4.69, 9.17) is 21.1 Å². The number of nitrogens with one attached hydrogen (secondary N) is 5. The molecule has 0 radical (unpaired) electrons. The summed E-state index contributed by atoms with van der Waals surface area (Å²) < 4.78 is 12.0. The fraction of sp³-hybridized carbons (Fsp3) is 0.321. The normalized spacial score (nSPS) is 13.3. The van der Waals surface area contributed by atoms with Crippen molar-refractivity contribution in [2.24, 2.45) is 0 Å². The van der Waals surface area contributed by atoms with Crippen molar-refractivity contribution in [1.29, 1.82) is 0 Å². The highest BCUT2D eigenvalue weighted by molar-refractivity contribution is 6.31. The molecule has 5 N–H and O–H groups in total. The van der Waals surface area contributed by atoms with Crippen molar-refractivity contribution < 1.29 is 19.1 Å². The van der Waals surface area contributed by atoms with Crippen LogP contribution in [-0.4, -0.2) is 68.2 Å². The maximum Gasteiger partial charge on any atom is 0.337 e. The zero-order valence-corrected chi connectivity index (χ0v) is 23.5. The molecule has 12 heteroatoms. The maximum atomic E-state index is 12.8. The molecule has 2 heterocycles. The molecular weight excluding hydrogens is 534 g/mol. The number of anilines is 2. The number of rotatable bonds is 10. The van der Waals surface area contributed by atoms with Gasteiger partial charge in [0.15, 0.2) is 0 Å². The monoisotopic (exact) mass is 567 g/mol.